The van der Waals surface area contributed by atoms with Crippen LogP contribution in [0.1, 0.15) is 23.5 Å². The lowest BCUT2D eigenvalue weighted by molar-refractivity contribution is -0.385. The highest BCUT2D eigenvalue weighted by Gasteiger charge is 2.38. The topological polar surface area (TPSA) is 55.2 Å². The Morgan fingerprint density at radius 1 is 1.15 bits per heavy atom. The molecule has 0 saturated heterocycles. The van der Waals surface area contributed by atoms with Crippen LogP contribution < -0.4 is 5.32 Å². The van der Waals surface area contributed by atoms with Gasteiger partial charge in [-0.1, -0.05) is 36.4 Å². The lowest BCUT2D eigenvalue weighted by Crippen LogP contribution is -2.06. The summed E-state index contributed by atoms with van der Waals surface area (Å²) in [6.07, 6.45) is 1.08. The predicted octanol–water partition coefficient (Wildman–Crippen LogP) is 3.87. The average Bonchev–Trinajstić information content (AvgIpc) is 3.21. The molecule has 2 unspecified atom stereocenters. The summed E-state index contributed by atoms with van der Waals surface area (Å²) in [5.41, 5.74) is 3.07. The van der Waals surface area contributed by atoms with E-state index in [4.69, 9.17) is 0 Å². The zero-order valence-corrected chi connectivity index (χ0v) is 11.2. The molecule has 0 amide bonds. The first-order valence-electron chi connectivity index (χ1n) is 6.72. The quantitative estimate of drug-likeness (QED) is 0.676. The zero-order valence-electron chi connectivity index (χ0n) is 11.2. The van der Waals surface area contributed by atoms with Crippen molar-refractivity contribution < 1.29 is 4.92 Å². The van der Waals surface area contributed by atoms with Crippen LogP contribution in [0.3, 0.4) is 0 Å². The van der Waals surface area contributed by atoms with E-state index in [1.807, 2.05) is 24.3 Å². The largest absolute Gasteiger partial charge is 0.381 e. The van der Waals surface area contributed by atoms with Gasteiger partial charge in [0.25, 0.3) is 5.69 Å². The maximum Gasteiger partial charge on any atom is 0.274 e. The minimum atomic E-state index is -0.331. The molecule has 2 aromatic rings. The molecule has 1 fully saturated rings. The molecule has 4 heteroatoms. The molecular formula is C16H16N2O2. The lowest BCUT2D eigenvalue weighted by atomic mass is 10.1. The Hall–Kier alpha value is -2.36. The number of benzene rings is 2. The summed E-state index contributed by atoms with van der Waals surface area (Å²) in [5, 5.41) is 14.4. The zero-order chi connectivity index (χ0) is 14.1. The van der Waals surface area contributed by atoms with Gasteiger partial charge in [-0.25, -0.2) is 0 Å². The smallest absolute Gasteiger partial charge is 0.274 e. The van der Waals surface area contributed by atoms with Crippen LogP contribution in [0.25, 0.3) is 0 Å². The Kier molecular flexibility index (Phi) is 3.14. The number of rotatable bonds is 4. The SMILES string of the molecule is Cc1c(NC2CC2c2ccccc2)cccc1[N+](=O)[O-]. The predicted molar refractivity (Wildman–Crippen MR) is 79.0 cm³/mol. The molecule has 1 saturated carbocycles. The third-order valence-electron chi connectivity index (χ3n) is 3.86. The molecule has 102 valence electrons. The minimum absolute atomic E-state index is 0.173. The van der Waals surface area contributed by atoms with Gasteiger partial charge in [-0.05, 0) is 25.0 Å². The van der Waals surface area contributed by atoms with Crippen molar-refractivity contribution in [1.82, 2.24) is 0 Å². The van der Waals surface area contributed by atoms with E-state index in [1.54, 1.807) is 19.1 Å². The second kappa shape index (κ2) is 4.96. The van der Waals surface area contributed by atoms with E-state index in [9.17, 15) is 10.1 Å². The first-order chi connectivity index (χ1) is 9.66. The molecule has 4 nitrogen and oxygen atoms in total. The van der Waals surface area contributed by atoms with E-state index in [2.05, 4.69) is 17.4 Å². The minimum Gasteiger partial charge on any atom is -0.381 e. The highest BCUT2D eigenvalue weighted by Crippen LogP contribution is 2.43. The molecule has 20 heavy (non-hydrogen) atoms. The number of hydrogen-bond donors (Lipinski definition) is 1. The molecule has 2 aromatic carbocycles. The van der Waals surface area contributed by atoms with Crippen LogP contribution in [0.15, 0.2) is 48.5 Å². The Balaban J connectivity index is 1.75. The summed E-state index contributed by atoms with van der Waals surface area (Å²) in [6, 6.07) is 15.9. The highest BCUT2D eigenvalue weighted by atomic mass is 16.6. The first-order valence-corrected chi connectivity index (χ1v) is 6.72. The van der Waals surface area contributed by atoms with Gasteiger partial charge in [0.2, 0.25) is 0 Å². The van der Waals surface area contributed by atoms with Gasteiger partial charge in [0.15, 0.2) is 0 Å². The van der Waals surface area contributed by atoms with Crippen molar-refractivity contribution in [1.29, 1.82) is 0 Å². The van der Waals surface area contributed by atoms with Crippen molar-refractivity contribution in [2.75, 3.05) is 5.32 Å². The third kappa shape index (κ3) is 2.37. The van der Waals surface area contributed by atoms with Crippen molar-refractivity contribution in [2.45, 2.75) is 25.3 Å². The van der Waals surface area contributed by atoms with Gasteiger partial charge in [0.05, 0.1) is 4.92 Å². The fourth-order valence-electron chi connectivity index (χ4n) is 2.60. The molecule has 0 spiro atoms. The van der Waals surface area contributed by atoms with Crippen LogP contribution in [-0.2, 0) is 0 Å². The summed E-state index contributed by atoms with van der Waals surface area (Å²) in [5.74, 6) is 0.509. The molecule has 1 aliphatic carbocycles. The Morgan fingerprint density at radius 3 is 2.60 bits per heavy atom. The van der Waals surface area contributed by atoms with E-state index in [0.29, 0.717) is 17.5 Å². The Labute approximate surface area is 117 Å². The van der Waals surface area contributed by atoms with E-state index < -0.39 is 0 Å². The van der Waals surface area contributed by atoms with Crippen molar-refractivity contribution in [3.05, 3.63) is 69.8 Å². The maximum atomic E-state index is 10.9. The summed E-state index contributed by atoms with van der Waals surface area (Å²) >= 11 is 0. The number of nitrogens with zero attached hydrogens (tertiary/aromatic N) is 1. The van der Waals surface area contributed by atoms with Crippen LogP contribution in [0.4, 0.5) is 11.4 Å². The fraction of sp³-hybridized carbons (Fsp3) is 0.250. The Morgan fingerprint density at radius 2 is 1.90 bits per heavy atom. The van der Waals surface area contributed by atoms with Gasteiger partial charge < -0.3 is 5.32 Å². The molecule has 1 aliphatic rings. The molecule has 0 radical (unpaired) electrons. The van der Waals surface area contributed by atoms with Crippen LogP contribution >= 0.6 is 0 Å². The lowest BCUT2D eigenvalue weighted by Gasteiger charge is -2.09. The van der Waals surface area contributed by atoms with Crippen LogP contribution in [0.2, 0.25) is 0 Å². The summed E-state index contributed by atoms with van der Waals surface area (Å²) in [4.78, 5) is 10.6. The molecule has 0 aromatic heterocycles. The molecular weight excluding hydrogens is 252 g/mol. The third-order valence-corrected chi connectivity index (χ3v) is 3.86. The molecule has 0 heterocycles. The highest BCUT2D eigenvalue weighted by molar-refractivity contribution is 5.61. The summed E-state index contributed by atoms with van der Waals surface area (Å²) < 4.78 is 0. The molecule has 1 N–H and O–H groups in total. The molecule has 3 rings (SSSR count). The number of hydrogen-bond acceptors (Lipinski definition) is 3. The van der Waals surface area contributed by atoms with Crippen molar-refractivity contribution in [3.63, 3.8) is 0 Å². The van der Waals surface area contributed by atoms with Crippen LogP contribution in [-0.4, -0.2) is 11.0 Å². The van der Waals surface area contributed by atoms with Gasteiger partial charge in [-0.3, -0.25) is 10.1 Å². The summed E-state index contributed by atoms with van der Waals surface area (Å²) in [7, 11) is 0. The van der Waals surface area contributed by atoms with Gasteiger partial charge in [0, 0.05) is 29.3 Å². The van der Waals surface area contributed by atoms with Crippen LogP contribution in [0.5, 0.6) is 0 Å². The van der Waals surface area contributed by atoms with Crippen molar-refractivity contribution in [2.24, 2.45) is 0 Å². The second-order valence-electron chi connectivity index (χ2n) is 5.21. The normalized spacial score (nSPS) is 20.4. The number of nitro benzene ring substituents is 1. The average molecular weight is 268 g/mol. The van der Waals surface area contributed by atoms with Crippen molar-refractivity contribution >= 4 is 11.4 Å². The van der Waals surface area contributed by atoms with E-state index in [0.717, 1.165) is 12.1 Å². The van der Waals surface area contributed by atoms with Crippen molar-refractivity contribution in [3.8, 4) is 0 Å². The van der Waals surface area contributed by atoms with E-state index in [-0.39, 0.29) is 10.6 Å². The Bertz CT molecular complexity index is 640. The number of nitro groups is 1. The number of nitrogens with one attached hydrogen (secondary N) is 1. The van der Waals surface area contributed by atoms with Gasteiger partial charge in [-0.15, -0.1) is 0 Å². The van der Waals surface area contributed by atoms with Gasteiger partial charge in [0.1, 0.15) is 0 Å². The standard InChI is InChI=1S/C16H16N2O2/c1-11-14(8-5-9-16(11)18(19)20)17-15-10-13(15)12-6-3-2-4-7-12/h2-9,13,15,17H,10H2,1H3. The van der Waals surface area contributed by atoms with E-state index >= 15 is 0 Å². The monoisotopic (exact) mass is 268 g/mol. The maximum absolute atomic E-state index is 10.9. The van der Waals surface area contributed by atoms with Gasteiger partial charge in [-0.2, -0.15) is 0 Å². The van der Waals surface area contributed by atoms with Crippen LogP contribution in [0, 0.1) is 17.0 Å². The molecule has 0 bridgehead atoms. The summed E-state index contributed by atoms with van der Waals surface area (Å²) in [6.45, 7) is 1.79. The van der Waals surface area contributed by atoms with Gasteiger partial charge >= 0.3 is 0 Å². The molecule has 0 aliphatic heterocycles. The number of anilines is 1. The van der Waals surface area contributed by atoms with E-state index in [1.165, 1.54) is 5.56 Å². The first kappa shape index (κ1) is 12.7. The second-order valence-corrected chi connectivity index (χ2v) is 5.21. The molecule has 2 atom stereocenters. The fourth-order valence-corrected chi connectivity index (χ4v) is 2.60.